The Morgan fingerprint density at radius 1 is 0.556 bits per heavy atom. The van der Waals surface area contributed by atoms with Crippen molar-refractivity contribution in [1.82, 2.24) is 0 Å². The van der Waals surface area contributed by atoms with Gasteiger partial charge in [-0.1, -0.05) is 27.7 Å². The number of carbonyl (C=O) groups is 4. The quantitative estimate of drug-likeness (QED) is 0.254. The van der Waals surface area contributed by atoms with Gasteiger partial charge in [-0.05, 0) is 25.7 Å². The van der Waals surface area contributed by atoms with Crippen molar-refractivity contribution in [3.63, 3.8) is 0 Å². The Balaban J connectivity index is 5.70. The second-order valence-corrected chi connectivity index (χ2v) is 6.15. The molecule has 0 heterocycles. The van der Waals surface area contributed by atoms with Gasteiger partial charge in [-0.3, -0.25) is 19.2 Å². The summed E-state index contributed by atoms with van der Waals surface area (Å²) >= 11 is 0. The summed E-state index contributed by atoms with van der Waals surface area (Å²) in [5, 5.41) is 0. The second kappa shape index (κ2) is 14.0. The third-order valence-corrected chi connectivity index (χ3v) is 3.48. The zero-order chi connectivity index (χ0) is 20.7. The van der Waals surface area contributed by atoms with Crippen LogP contribution in [0.5, 0.6) is 0 Å². The first kappa shape index (κ1) is 24.9. The molecule has 0 bridgehead atoms. The number of rotatable bonds is 14. The van der Waals surface area contributed by atoms with Gasteiger partial charge in [0, 0.05) is 0 Å². The molecule has 0 atom stereocenters. The van der Waals surface area contributed by atoms with Crippen molar-refractivity contribution in [3.05, 3.63) is 0 Å². The van der Waals surface area contributed by atoms with Crippen molar-refractivity contribution in [2.24, 2.45) is 5.41 Å². The average Bonchev–Trinajstić information content (AvgIpc) is 2.66. The molecule has 8 nitrogen and oxygen atoms in total. The van der Waals surface area contributed by atoms with Crippen LogP contribution in [0.1, 0.15) is 66.2 Å². The lowest BCUT2D eigenvalue weighted by Gasteiger charge is -2.27. The molecule has 0 unspecified atom stereocenters. The maximum Gasteiger partial charge on any atom is 0.324 e. The number of carbonyl (C=O) groups excluding carboxylic acids is 4. The summed E-state index contributed by atoms with van der Waals surface area (Å²) in [6, 6.07) is 0. The predicted octanol–water partition coefficient (Wildman–Crippen LogP) is 2.57. The standard InChI is InChI=1S/C19H32O8/c1-5-9-24-15(20)13-19(17(22)26-11-7-3,18(23)27-12-8-4)14-16(21)25-10-6-2/h5-14H2,1-4H3. The Hall–Kier alpha value is -2.12. The summed E-state index contributed by atoms with van der Waals surface area (Å²) in [5.41, 5.74) is -2.11. The molecule has 0 saturated carbocycles. The van der Waals surface area contributed by atoms with Gasteiger partial charge in [0.15, 0.2) is 5.41 Å². The van der Waals surface area contributed by atoms with Crippen LogP contribution < -0.4 is 0 Å². The maximum atomic E-state index is 12.7. The van der Waals surface area contributed by atoms with Crippen molar-refractivity contribution >= 4 is 23.9 Å². The molecule has 0 spiro atoms. The fraction of sp³-hybridized carbons (Fsp3) is 0.789. The van der Waals surface area contributed by atoms with E-state index < -0.39 is 42.1 Å². The van der Waals surface area contributed by atoms with Gasteiger partial charge in [-0.25, -0.2) is 0 Å². The smallest absolute Gasteiger partial charge is 0.324 e. The van der Waals surface area contributed by atoms with Crippen LogP contribution in [0.3, 0.4) is 0 Å². The molecular formula is C19H32O8. The van der Waals surface area contributed by atoms with Crippen LogP contribution in [0, 0.1) is 5.41 Å². The molecule has 0 aliphatic heterocycles. The maximum absolute atomic E-state index is 12.7. The highest BCUT2D eigenvalue weighted by Crippen LogP contribution is 2.32. The predicted molar refractivity (Wildman–Crippen MR) is 96.7 cm³/mol. The van der Waals surface area contributed by atoms with Crippen LogP contribution in [0.2, 0.25) is 0 Å². The van der Waals surface area contributed by atoms with E-state index in [1.54, 1.807) is 13.8 Å². The fourth-order valence-corrected chi connectivity index (χ4v) is 2.13. The van der Waals surface area contributed by atoms with E-state index in [0.717, 1.165) is 0 Å². The SMILES string of the molecule is CCCOC(=O)CC(CC(=O)OCCC)(C(=O)OCCC)C(=O)OCCC. The summed E-state index contributed by atoms with van der Waals surface area (Å²) in [4.78, 5) is 49.8. The van der Waals surface area contributed by atoms with E-state index in [4.69, 9.17) is 18.9 Å². The molecule has 0 aromatic rings. The van der Waals surface area contributed by atoms with Crippen LogP contribution in [-0.2, 0) is 38.1 Å². The van der Waals surface area contributed by atoms with Crippen LogP contribution >= 0.6 is 0 Å². The molecule has 0 aliphatic rings. The van der Waals surface area contributed by atoms with Gasteiger partial charge in [-0.2, -0.15) is 0 Å². The highest BCUT2D eigenvalue weighted by Gasteiger charge is 2.53. The van der Waals surface area contributed by atoms with E-state index >= 15 is 0 Å². The van der Waals surface area contributed by atoms with Crippen molar-refractivity contribution in [2.45, 2.75) is 66.2 Å². The molecule has 0 rings (SSSR count). The summed E-state index contributed by atoms with van der Waals surface area (Å²) < 4.78 is 20.3. The molecule has 0 amide bonds. The molecule has 0 aromatic heterocycles. The highest BCUT2D eigenvalue weighted by molar-refractivity contribution is 6.05. The van der Waals surface area contributed by atoms with E-state index in [-0.39, 0.29) is 26.4 Å². The molecule has 0 radical (unpaired) electrons. The van der Waals surface area contributed by atoms with Crippen LogP contribution in [0.15, 0.2) is 0 Å². The number of ether oxygens (including phenoxy) is 4. The summed E-state index contributed by atoms with van der Waals surface area (Å²) in [7, 11) is 0. The molecule has 156 valence electrons. The molecule has 0 aromatic carbocycles. The Morgan fingerprint density at radius 2 is 0.852 bits per heavy atom. The van der Waals surface area contributed by atoms with Crippen LogP contribution in [-0.4, -0.2) is 50.3 Å². The second-order valence-electron chi connectivity index (χ2n) is 6.15. The summed E-state index contributed by atoms with van der Waals surface area (Å²) in [6.07, 6.45) is 0.924. The van der Waals surface area contributed by atoms with Crippen molar-refractivity contribution in [1.29, 1.82) is 0 Å². The Morgan fingerprint density at radius 3 is 1.15 bits per heavy atom. The van der Waals surface area contributed by atoms with E-state index in [2.05, 4.69) is 0 Å². The Labute approximate surface area is 160 Å². The molecule has 0 fully saturated rings. The van der Waals surface area contributed by atoms with E-state index in [1.807, 2.05) is 13.8 Å². The lowest BCUT2D eigenvalue weighted by molar-refractivity contribution is -0.181. The minimum atomic E-state index is -2.11. The van der Waals surface area contributed by atoms with E-state index in [0.29, 0.717) is 25.7 Å². The largest absolute Gasteiger partial charge is 0.466 e. The van der Waals surface area contributed by atoms with Crippen molar-refractivity contribution in [3.8, 4) is 0 Å². The van der Waals surface area contributed by atoms with Gasteiger partial charge in [0.1, 0.15) is 0 Å². The monoisotopic (exact) mass is 388 g/mol. The van der Waals surface area contributed by atoms with Crippen molar-refractivity contribution in [2.75, 3.05) is 26.4 Å². The molecule has 0 aliphatic carbocycles. The molecular weight excluding hydrogens is 356 g/mol. The normalized spacial score (nSPS) is 10.8. The van der Waals surface area contributed by atoms with Gasteiger partial charge in [-0.15, -0.1) is 0 Å². The number of esters is 4. The molecule has 0 N–H and O–H groups in total. The lowest BCUT2D eigenvalue weighted by Crippen LogP contribution is -2.46. The third kappa shape index (κ3) is 8.88. The van der Waals surface area contributed by atoms with Gasteiger partial charge in [0.05, 0.1) is 39.3 Å². The van der Waals surface area contributed by atoms with Gasteiger partial charge < -0.3 is 18.9 Å². The van der Waals surface area contributed by atoms with Gasteiger partial charge in [0.2, 0.25) is 0 Å². The lowest BCUT2D eigenvalue weighted by atomic mass is 9.80. The van der Waals surface area contributed by atoms with Gasteiger partial charge in [0.25, 0.3) is 0 Å². The topological polar surface area (TPSA) is 105 Å². The van der Waals surface area contributed by atoms with Gasteiger partial charge >= 0.3 is 23.9 Å². The average molecular weight is 388 g/mol. The first-order valence-electron chi connectivity index (χ1n) is 9.53. The highest BCUT2D eigenvalue weighted by atomic mass is 16.6. The summed E-state index contributed by atoms with van der Waals surface area (Å²) in [6.45, 7) is 7.59. The Kier molecular flexibility index (Phi) is 12.9. The fourth-order valence-electron chi connectivity index (χ4n) is 2.13. The molecule has 27 heavy (non-hydrogen) atoms. The molecule has 0 saturated heterocycles. The number of hydrogen-bond donors (Lipinski definition) is 0. The summed E-state index contributed by atoms with van der Waals surface area (Å²) in [5.74, 6) is -3.51. The molecule has 8 heteroatoms. The number of hydrogen-bond acceptors (Lipinski definition) is 8. The Bertz CT molecular complexity index is 442. The van der Waals surface area contributed by atoms with Crippen LogP contribution in [0.4, 0.5) is 0 Å². The first-order valence-corrected chi connectivity index (χ1v) is 9.53. The zero-order valence-electron chi connectivity index (χ0n) is 16.8. The minimum absolute atomic E-state index is 0.0512. The van der Waals surface area contributed by atoms with Crippen molar-refractivity contribution < 1.29 is 38.1 Å². The van der Waals surface area contributed by atoms with E-state index in [1.165, 1.54) is 0 Å². The minimum Gasteiger partial charge on any atom is -0.466 e. The third-order valence-electron chi connectivity index (χ3n) is 3.48. The van der Waals surface area contributed by atoms with E-state index in [9.17, 15) is 19.2 Å². The van der Waals surface area contributed by atoms with Crippen LogP contribution in [0.25, 0.3) is 0 Å². The zero-order valence-corrected chi connectivity index (χ0v) is 16.8. The first-order chi connectivity index (χ1) is 12.9.